The van der Waals surface area contributed by atoms with Crippen molar-refractivity contribution >= 4 is 22.4 Å². The highest BCUT2D eigenvalue weighted by molar-refractivity contribution is 7.85. The summed E-state index contributed by atoms with van der Waals surface area (Å²) in [4.78, 5) is 14.7. The molecule has 22 heavy (non-hydrogen) atoms. The summed E-state index contributed by atoms with van der Waals surface area (Å²) in [5.74, 6) is 2.03. The van der Waals surface area contributed by atoms with Crippen molar-refractivity contribution in [2.45, 2.75) is 32.2 Å². The summed E-state index contributed by atoms with van der Waals surface area (Å²) in [6.07, 6.45) is 2.68. The second-order valence-corrected chi connectivity index (χ2v) is 8.33. The standard InChI is InChI=1S/C17H24N2O2S/c1-12-9-14-10-13(3-4-16(14)19(2)11-12)17(20)18-15-5-7-22(21)8-6-15/h3-4,10,12,15H,5-9,11H2,1-2H3,(H,18,20). The van der Waals surface area contributed by atoms with Gasteiger partial charge in [-0.2, -0.15) is 0 Å². The van der Waals surface area contributed by atoms with Crippen LogP contribution in [0.2, 0.25) is 0 Å². The van der Waals surface area contributed by atoms with E-state index in [1.807, 2.05) is 12.1 Å². The van der Waals surface area contributed by atoms with Crippen LogP contribution in [0.1, 0.15) is 35.7 Å². The predicted molar refractivity (Wildman–Crippen MR) is 90.9 cm³/mol. The molecule has 0 saturated carbocycles. The number of fused-ring (bicyclic) bond motifs is 1. The van der Waals surface area contributed by atoms with E-state index in [1.54, 1.807) is 0 Å². The van der Waals surface area contributed by atoms with Crippen LogP contribution >= 0.6 is 0 Å². The lowest BCUT2D eigenvalue weighted by Crippen LogP contribution is -2.39. The highest BCUT2D eigenvalue weighted by Crippen LogP contribution is 2.29. The van der Waals surface area contributed by atoms with E-state index in [4.69, 9.17) is 0 Å². The van der Waals surface area contributed by atoms with Crippen molar-refractivity contribution < 1.29 is 9.00 Å². The van der Waals surface area contributed by atoms with E-state index in [-0.39, 0.29) is 11.9 Å². The molecule has 5 heteroatoms. The third kappa shape index (κ3) is 3.35. The second-order valence-electron chi connectivity index (χ2n) is 6.63. The second kappa shape index (κ2) is 6.41. The highest BCUT2D eigenvalue weighted by Gasteiger charge is 2.23. The largest absolute Gasteiger partial charge is 0.374 e. The van der Waals surface area contributed by atoms with Crippen LogP contribution in [0.5, 0.6) is 0 Å². The maximum absolute atomic E-state index is 12.4. The fraction of sp³-hybridized carbons (Fsp3) is 0.588. The van der Waals surface area contributed by atoms with Gasteiger partial charge < -0.3 is 10.2 Å². The van der Waals surface area contributed by atoms with E-state index in [2.05, 4.69) is 30.3 Å². The molecule has 0 radical (unpaired) electrons. The maximum Gasteiger partial charge on any atom is 0.251 e. The molecule has 1 unspecified atom stereocenters. The molecule has 0 aliphatic carbocycles. The Morgan fingerprint density at radius 2 is 2.05 bits per heavy atom. The molecule has 2 heterocycles. The van der Waals surface area contributed by atoms with Crippen molar-refractivity contribution in [2.75, 3.05) is 30.0 Å². The summed E-state index contributed by atoms with van der Waals surface area (Å²) in [6.45, 7) is 3.31. The van der Waals surface area contributed by atoms with Crippen molar-refractivity contribution in [2.24, 2.45) is 5.92 Å². The first kappa shape index (κ1) is 15.5. The van der Waals surface area contributed by atoms with E-state index in [0.717, 1.165) is 31.4 Å². The van der Waals surface area contributed by atoms with Crippen LogP contribution in [0.4, 0.5) is 5.69 Å². The van der Waals surface area contributed by atoms with Crippen LogP contribution in [-0.2, 0) is 17.2 Å². The van der Waals surface area contributed by atoms with Gasteiger partial charge in [0.15, 0.2) is 0 Å². The van der Waals surface area contributed by atoms with E-state index in [9.17, 15) is 9.00 Å². The number of amides is 1. The van der Waals surface area contributed by atoms with Crippen LogP contribution in [-0.4, -0.2) is 41.3 Å². The third-order valence-electron chi connectivity index (χ3n) is 4.63. The normalized spacial score (nSPS) is 28.1. The Kier molecular flexibility index (Phi) is 4.52. The Balaban J connectivity index is 1.71. The molecule has 1 aromatic carbocycles. The predicted octanol–water partition coefficient (Wildman–Crippen LogP) is 1.96. The van der Waals surface area contributed by atoms with Gasteiger partial charge in [-0.15, -0.1) is 0 Å². The summed E-state index contributed by atoms with van der Waals surface area (Å²) >= 11 is 0. The zero-order valence-corrected chi connectivity index (χ0v) is 14.1. The van der Waals surface area contributed by atoms with Gasteiger partial charge in [-0.05, 0) is 48.9 Å². The van der Waals surface area contributed by atoms with E-state index < -0.39 is 10.8 Å². The van der Waals surface area contributed by atoms with Crippen molar-refractivity contribution in [3.05, 3.63) is 29.3 Å². The van der Waals surface area contributed by atoms with Gasteiger partial charge in [-0.25, -0.2) is 0 Å². The lowest BCUT2D eigenvalue weighted by molar-refractivity contribution is 0.0934. The molecule has 120 valence electrons. The average molecular weight is 320 g/mol. The van der Waals surface area contributed by atoms with Gasteiger partial charge >= 0.3 is 0 Å². The van der Waals surface area contributed by atoms with Gasteiger partial charge in [0, 0.05) is 53.2 Å². The SMILES string of the molecule is CC1Cc2cc(C(=O)NC3CCS(=O)CC3)ccc2N(C)C1. The number of carbonyl (C=O) groups is 1. The topological polar surface area (TPSA) is 49.4 Å². The summed E-state index contributed by atoms with van der Waals surface area (Å²) in [6, 6.07) is 6.19. The van der Waals surface area contributed by atoms with Crippen molar-refractivity contribution in [1.29, 1.82) is 0 Å². The molecule has 1 saturated heterocycles. The Labute approximate surface area is 134 Å². The van der Waals surface area contributed by atoms with Crippen molar-refractivity contribution in [3.8, 4) is 0 Å². The van der Waals surface area contributed by atoms with E-state index in [0.29, 0.717) is 17.4 Å². The number of nitrogens with one attached hydrogen (secondary N) is 1. The first-order chi connectivity index (χ1) is 10.5. The molecule has 0 aromatic heterocycles. The van der Waals surface area contributed by atoms with Gasteiger partial charge in [0.1, 0.15) is 0 Å². The molecule has 4 nitrogen and oxygen atoms in total. The minimum Gasteiger partial charge on any atom is -0.374 e. The molecule has 0 spiro atoms. The first-order valence-corrected chi connectivity index (χ1v) is 9.51. The third-order valence-corrected chi connectivity index (χ3v) is 6.01. The fourth-order valence-electron chi connectivity index (χ4n) is 3.48. The molecule has 2 aliphatic heterocycles. The lowest BCUT2D eigenvalue weighted by Gasteiger charge is -2.32. The Morgan fingerprint density at radius 3 is 2.77 bits per heavy atom. The van der Waals surface area contributed by atoms with Crippen LogP contribution in [0.15, 0.2) is 18.2 Å². The Hall–Kier alpha value is -1.36. The van der Waals surface area contributed by atoms with Gasteiger partial charge in [0.05, 0.1) is 0 Å². The number of rotatable bonds is 2. The molecule has 0 bridgehead atoms. The van der Waals surface area contributed by atoms with Crippen LogP contribution in [0, 0.1) is 5.92 Å². The minimum absolute atomic E-state index is 0.00126. The van der Waals surface area contributed by atoms with E-state index in [1.165, 1.54) is 11.3 Å². The number of hydrogen-bond acceptors (Lipinski definition) is 3. The van der Waals surface area contributed by atoms with E-state index >= 15 is 0 Å². The first-order valence-electron chi connectivity index (χ1n) is 8.03. The molecule has 1 aromatic rings. The molecule has 3 rings (SSSR count). The molecule has 2 aliphatic rings. The summed E-state index contributed by atoms with van der Waals surface area (Å²) in [5, 5.41) is 3.10. The Morgan fingerprint density at radius 1 is 1.32 bits per heavy atom. The minimum atomic E-state index is -0.687. The van der Waals surface area contributed by atoms with Gasteiger partial charge in [-0.1, -0.05) is 6.92 Å². The monoisotopic (exact) mass is 320 g/mol. The summed E-state index contributed by atoms with van der Waals surface area (Å²) in [5.41, 5.74) is 3.24. The number of nitrogens with zero attached hydrogens (tertiary/aromatic N) is 1. The van der Waals surface area contributed by atoms with Crippen LogP contribution in [0.25, 0.3) is 0 Å². The molecule has 1 amide bonds. The van der Waals surface area contributed by atoms with Crippen molar-refractivity contribution in [3.63, 3.8) is 0 Å². The molecule has 1 N–H and O–H groups in total. The van der Waals surface area contributed by atoms with Crippen LogP contribution in [0.3, 0.4) is 0 Å². The maximum atomic E-state index is 12.4. The zero-order valence-electron chi connectivity index (χ0n) is 13.3. The molecular formula is C17H24N2O2S. The van der Waals surface area contributed by atoms with Crippen molar-refractivity contribution in [1.82, 2.24) is 5.32 Å². The summed E-state index contributed by atoms with van der Waals surface area (Å²) < 4.78 is 11.4. The average Bonchev–Trinajstić information content (AvgIpc) is 2.48. The molecule has 1 atom stereocenters. The summed E-state index contributed by atoms with van der Waals surface area (Å²) in [7, 11) is 1.42. The quantitative estimate of drug-likeness (QED) is 0.906. The van der Waals surface area contributed by atoms with Gasteiger partial charge in [-0.3, -0.25) is 9.00 Å². The van der Waals surface area contributed by atoms with Gasteiger partial charge in [0.2, 0.25) is 0 Å². The lowest BCUT2D eigenvalue weighted by atomic mass is 9.92. The molecule has 1 fully saturated rings. The number of benzene rings is 1. The Bertz CT molecular complexity index is 592. The highest BCUT2D eigenvalue weighted by atomic mass is 32.2. The van der Waals surface area contributed by atoms with Gasteiger partial charge in [0.25, 0.3) is 5.91 Å². The zero-order chi connectivity index (χ0) is 15.7. The number of carbonyl (C=O) groups excluding carboxylic acids is 1. The number of anilines is 1. The fourth-order valence-corrected chi connectivity index (χ4v) is 4.77. The smallest absolute Gasteiger partial charge is 0.251 e. The molecular weight excluding hydrogens is 296 g/mol. The van der Waals surface area contributed by atoms with Crippen LogP contribution < -0.4 is 10.2 Å². The number of hydrogen-bond donors (Lipinski definition) is 1.